The lowest BCUT2D eigenvalue weighted by atomic mass is 10.1. The molecule has 3 aromatic rings. The minimum atomic E-state index is -0.0806. The van der Waals surface area contributed by atoms with Crippen LogP contribution in [0.1, 0.15) is 90.0 Å². The van der Waals surface area contributed by atoms with Gasteiger partial charge in [-0.1, -0.05) is 95.0 Å². The summed E-state index contributed by atoms with van der Waals surface area (Å²) in [6.07, 6.45) is 13.5. The predicted molar refractivity (Wildman–Crippen MR) is 127 cm³/mol. The van der Waals surface area contributed by atoms with Crippen molar-refractivity contribution in [2.75, 3.05) is 0 Å². The van der Waals surface area contributed by atoms with Crippen molar-refractivity contribution < 1.29 is 4.74 Å². The number of aryl methyl sites for hydroxylation is 1. The monoisotopic (exact) mass is 406 g/mol. The third-order valence-corrected chi connectivity index (χ3v) is 5.84. The molecule has 1 unspecified atom stereocenters. The van der Waals surface area contributed by atoms with Gasteiger partial charge in [-0.3, -0.25) is 0 Å². The first-order chi connectivity index (χ1) is 14.8. The van der Waals surface area contributed by atoms with E-state index in [0.29, 0.717) is 0 Å². The van der Waals surface area contributed by atoms with Crippen LogP contribution in [0.2, 0.25) is 0 Å². The highest BCUT2D eigenvalue weighted by Crippen LogP contribution is 2.25. The molecule has 0 N–H and O–H groups in total. The number of aromatic nitrogens is 2. The quantitative estimate of drug-likeness (QED) is 0.253. The zero-order valence-corrected chi connectivity index (χ0v) is 18.9. The molecule has 0 aliphatic rings. The maximum atomic E-state index is 6.19. The Morgan fingerprint density at radius 1 is 0.767 bits per heavy atom. The van der Waals surface area contributed by atoms with Crippen LogP contribution in [0.4, 0.5) is 0 Å². The number of ether oxygens (including phenoxy) is 1. The first-order valence-electron chi connectivity index (χ1n) is 12.0. The van der Waals surface area contributed by atoms with Crippen molar-refractivity contribution in [1.82, 2.24) is 9.55 Å². The van der Waals surface area contributed by atoms with Crippen molar-refractivity contribution in [2.45, 2.75) is 90.7 Å². The van der Waals surface area contributed by atoms with Gasteiger partial charge < -0.3 is 9.30 Å². The van der Waals surface area contributed by atoms with E-state index in [1.807, 2.05) is 30.3 Å². The third kappa shape index (κ3) is 6.62. The lowest BCUT2D eigenvalue weighted by molar-refractivity contribution is 0.211. The SMILES string of the molecule is CCCCCCCCCCCCn1c(C(C)Oc2ccccc2)nc2ccccc21. The number of imidazole rings is 1. The second kappa shape index (κ2) is 12.4. The van der Waals surface area contributed by atoms with Gasteiger partial charge in [0.2, 0.25) is 0 Å². The van der Waals surface area contributed by atoms with Crippen LogP contribution in [0.15, 0.2) is 54.6 Å². The molecule has 0 amide bonds. The summed E-state index contributed by atoms with van der Waals surface area (Å²) in [5.74, 6) is 1.92. The maximum Gasteiger partial charge on any atom is 0.153 e. The van der Waals surface area contributed by atoms with E-state index in [0.717, 1.165) is 23.6 Å². The molecule has 0 fully saturated rings. The van der Waals surface area contributed by atoms with Gasteiger partial charge in [0.05, 0.1) is 11.0 Å². The fourth-order valence-electron chi connectivity index (χ4n) is 4.15. The highest BCUT2D eigenvalue weighted by Gasteiger charge is 2.17. The lowest BCUT2D eigenvalue weighted by Crippen LogP contribution is -2.12. The highest BCUT2D eigenvalue weighted by atomic mass is 16.5. The number of rotatable bonds is 14. The topological polar surface area (TPSA) is 27.1 Å². The van der Waals surface area contributed by atoms with E-state index in [1.165, 1.54) is 69.7 Å². The lowest BCUT2D eigenvalue weighted by Gasteiger charge is -2.17. The third-order valence-electron chi connectivity index (χ3n) is 5.84. The number of fused-ring (bicyclic) bond motifs is 1. The fraction of sp³-hybridized carbons (Fsp3) is 0.519. The molecule has 1 heterocycles. The van der Waals surface area contributed by atoms with Gasteiger partial charge in [0, 0.05) is 6.54 Å². The Hall–Kier alpha value is -2.29. The molecule has 1 atom stereocenters. The summed E-state index contributed by atoms with van der Waals surface area (Å²) >= 11 is 0. The first kappa shape index (κ1) is 22.4. The van der Waals surface area contributed by atoms with Gasteiger partial charge in [-0.15, -0.1) is 0 Å². The smallest absolute Gasteiger partial charge is 0.153 e. The number of para-hydroxylation sites is 3. The van der Waals surface area contributed by atoms with Crippen molar-refractivity contribution in [1.29, 1.82) is 0 Å². The van der Waals surface area contributed by atoms with E-state index in [1.54, 1.807) is 0 Å². The number of hydrogen-bond acceptors (Lipinski definition) is 2. The molecule has 0 saturated carbocycles. The molecule has 3 heteroatoms. The largest absolute Gasteiger partial charge is 0.483 e. The van der Waals surface area contributed by atoms with Crippen LogP contribution in [-0.2, 0) is 6.54 Å². The summed E-state index contributed by atoms with van der Waals surface area (Å²) in [5.41, 5.74) is 2.27. The summed E-state index contributed by atoms with van der Waals surface area (Å²) in [5, 5.41) is 0. The highest BCUT2D eigenvalue weighted by molar-refractivity contribution is 5.76. The Labute approximate surface area is 182 Å². The van der Waals surface area contributed by atoms with Crippen LogP contribution >= 0.6 is 0 Å². The molecule has 0 saturated heterocycles. The molecule has 0 spiro atoms. The summed E-state index contributed by atoms with van der Waals surface area (Å²) in [4.78, 5) is 4.91. The van der Waals surface area contributed by atoms with E-state index in [4.69, 9.17) is 9.72 Å². The van der Waals surface area contributed by atoms with Gasteiger partial charge in [-0.25, -0.2) is 4.98 Å². The number of hydrogen-bond donors (Lipinski definition) is 0. The van der Waals surface area contributed by atoms with E-state index in [2.05, 4.69) is 42.7 Å². The van der Waals surface area contributed by atoms with Crippen LogP contribution in [0.25, 0.3) is 11.0 Å². The average Bonchev–Trinajstić information content (AvgIpc) is 3.14. The van der Waals surface area contributed by atoms with Gasteiger partial charge in [-0.05, 0) is 37.6 Å². The van der Waals surface area contributed by atoms with Gasteiger partial charge in [-0.2, -0.15) is 0 Å². The average molecular weight is 407 g/mol. The van der Waals surface area contributed by atoms with Crippen molar-refractivity contribution in [3.05, 3.63) is 60.4 Å². The Balaban J connectivity index is 1.52. The fourth-order valence-corrected chi connectivity index (χ4v) is 4.15. The second-order valence-corrected chi connectivity index (χ2v) is 8.37. The second-order valence-electron chi connectivity index (χ2n) is 8.37. The van der Waals surface area contributed by atoms with Crippen molar-refractivity contribution >= 4 is 11.0 Å². The summed E-state index contributed by atoms with van der Waals surface area (Å²) in [6.45, 7) is 5.39. The Bertz CT molecular complexity index is 856. The Morgan fingerprint density at radius 3 is 2.07 bits per heavy atom. The summed E-state index contributed by atoms with van der Waals surface area (Å²) in [6, 6.07) is 18.5. The standard InChI is InChI=1S/C27H38N2O/c1-3-4-5-6-7-8-9-10-11-17-22-29-26-21-16-15-20-25(26)28-27(29)23(2)30-24-18-13-12-14-19-24/h12-16,18-21,23H,3-11,17,22H2,1-2H3. The van der Waals surface area contributed by atoms with Crippen molar-refractivity contribution in [3.63, 3.8) is 0 Å². The Kier molecular flexibility index (Phi) is 9.27. The van der Waals surface area contributed by atoms with Crippen LogP contribution in [0, 0.1) is 0 Å². The zero-order valence-electron chi connectivity index (χ0n) is 18.9. The molecule has 2 aromatic carbocycles. The molecule has 0 radical (unpaired) electrons. The molecule has 162 valence electrons. The van der Waals surface area contributed by atoms with E-state index in [-0.39, 0.29) is 6.10 Å². The minimum Gasteiger partial charge on any atom is -0.483 e. The van der Waals surface area contributed by atoms with Crippen molar-refractivity contribution in [2.24, 2.45) is 0 Å². The van der Waals surface area contributed by atoms with Gasteiger partial charge in [0.15, 0.2) is 11.9 Å². The molecule has 0 aliphatic carbocycles. The molecule has 1 aromatic heterocycles. The van der Waals surface area contributed by atoms with Crippen LogP contribution < -0.4 is 4.74 Å². The van der Waals surface area contributed by atoms with Crippen LogP contribution in [0.5, 0.6) is 5.75 Å². The maximum absolute atomic E-state index is 6.19. The van der Waals surface area contributed by atoms with Gasteiger partial charge in [0.25, 0.3) is 0 Å². The minimum absolute atomic E-state index is 0.0806. The summed E-state index contributed by atoms with van der Waals surface area (Å²) in [7, 11) is 0. The zero-order chi connectivity index (χ0) is 21.0. The molecular weight excluding hydrogens is 368 g/mol. The van der Waals surface area contributed by atoms with Gasteiger partial charge in [0.1, 0.15) is 5.75 Å². The Morgan fingerprint density at radius 2 is 1.37 bits per heavy atom. The normalized spacial score (nSPS) is 12.3. The molecule has 0 aliphatic heterocycles. The van der Waals surface area contributed by atoms with E-state index < -0.39 is 0 Å². The molecule has 3 rings (SSSR count). The number of benzene rings is 2. The molecule has 0 bridgehead atoms. The molecule has 30 heavy (non-hydrogen) atoms. The number of nitrogens with zero attached hydrogens (tertiary/aromatic N) is 2. The van der Waals surface area contributed by atoms with Crippen LogP contribution in [-0.4, -0.2) is 9.55 Å². The summed E-state index contributed by atoms with van der Waals surface area (Å²) < 4.78 is 8.56. The predicted octanol–water partition coefficient (Wildman–Crippen LogP) is 8.10. The molecule has 3 nitrogen and oxygen atoms in total. The number of unbranched alkanes of at least 4 members (excludes halogenated alkanes) is 9. The first-order valence-corrected chi connectivity index (χ1v) is 12.0. The van der Waals surface area contributed by atoms with E-state index >= 15 is 0 Å². The van der Waals surface area contributed by atoms with Crippen LogP contribution in [0.3, 0.4) is 0 Å². The molecular formula is C27H38N2O. The van der Waals surface area contributed by atoms with Crippen molar-refractivity contribution in [3.8, 4) is 5.75 Å². The van der Waals surface area contributed by atoms with E-state index in [9.17, 15) is 0 Å². The van der Waals surface area contributed by atoms with Gasteiger partial charge >= 0.3 is 0 Å².